The fourth-order valence-corrected chi connectivity index (χ4v) is 6.74. The van der Waals surface area contributed by atoms with Gasteiger partial charge in [0.2, 0.25) is 0 Å². The highest BCUT2D eigenvalue weighted by Gasteiger charge is 2.56. The van der Waals surface area contributed by atoms with E-state index < -0.39 is 8.07 Å². The van der Waals surface area contributed by atoms with Crippen LogP contribution in [-0.4, -0.2) is 26.4 Å². The van der Waals surface area contributed by atoms with Gasteiger partial charge in [0, 0.05) is 0 Å². The standard InChI is InChI=1S/C22H31BO2Si/c1-21(2)22(3,4)25-23(24-21)20(17-18-13-9-7-10-14-18)26(5,6)19-15-11-8-12-16-19/h7-16,20H,17H2,1-6H3/t20-/m1/s1. The molecule has 3 rings (SSSR count). The van der Waals surface area contributed by atoms with Crippen molar-refractivity contribution < 1.29 is 9.31 Å². The summed E-state index contributed by atoms with van der Waals surface area (Å²) in [6.45, 7) is 13.5. The summed E-state index contributed by atoms with van der Waals surface area (Å²) in [5.74, 6) is 0. The second-order valence-corrected chi connectivity index (χ2v) is 13.8. The van der Waals surface area contributed by atoms with E-state index in [1.165, 1.54) is 10.8 Å². The SMILES string of the molecule is CC1(C)OB([C@@H](Cc2ccccc2)[Si](C)(C)c2ccccc2)OC1(C)C. The quantitative estimate of drug-likeness (QED) is 0.705. The fraction of sp³-hybridized carbons (Fsp3) is 0.455. The molecule has 0 amide bonds. The van der Waals surface area contributed by atoms with Crippen molar-refractivity contribution in [2.24, 2.45) is 0 Å². The molecule has 0 unspecified atom stereocenters. The first-order chi connectivity index (χ1) is 12.1. The van der Waals surface area contributed by atoms with Crippen LogP contribution >= 0.6 is 0 Å². The lowest BCUT2D eigenvalue weighted by atomic mass is 9.80. The molecule has 2 nitrogen and oxygen atoms in total. The Balaban J connectivity index is 1.98. The van der Waals surface area contributed by atoms with E-state index in [2.05, 4.69) is 101 Å². The first kappa shape index (κ1) is 19.4. The number of benzene rings is 2. The van der Waals surface area contributed by atoms with Gasteiger partial charge in [0.15, 0.2) is 0 Å². The second-order valence-electron chi connectivity index (χ2n) is 9.01. The largest absolute Gasteiger partial charge is 0.458 e. The van der Waals surface area contributed by atoms with Gasteiger partial charge in [-0.05, 0) is 45.1 Å². The van der Waals surface area contributed by atoms with Crippen LogP contribution in [0.2, 0.25) is 18.5 Å². The highest BCUT2D eigenvalue weighted by molar-refractivity contribution is 6.97. The molecule has 1 fully saturated rings. The van der Waals surface area contributed by atoms with Crippen molar-refractivity contribution in [1.82, 2.24) is 0 Å². The van der Waals surface area contributed by atoms with Gasteiger partial charge in [0.25, 0.3) is 0 Å². The molecule has 0 N–H and O–H groups in total. The summed E-state index contributed by atoms with van der Waals surface area (Å²) < 4.78 is 13.0. The van der Waals surface area contributed by atoms with Crippen LogP contribution in [0, 0.1) is 0 Å². The predicted octanol–water partition coefficient (Wildman–Crippen LogP) is 4.85. The minimum atomic E-state index is -1.83. The van der Waals surface area contributed by atoms with Gasteiger partial charge in [-0.2, -0.15) is 0 Å². The van der Waals surface area contributed by atoms with Crippen LogP contribution in [0.1, 0.15) is 33.3 Å². The summed E-state index contributed by atoms with van der Waals surface area (Å²) in [4.78, 5) is 0. The van der Waals surface area contributed by atoms with Crippen LogP contribution in [-0.2, 0) is 15.7 Å². The molecule has 2 aromatic rings. The van der Waals surface area contributed by atoms with E-state index in [0.717, 1.165) is 6.42 Å². The number of rotatable bonds is 5. The maximum Gasteiger partial charge on any atom is 0.458 e. The molecule has 1 aliphatic heterocycles. The monoisotopic (exact) mass is 366 g/mol. The van der Waals surface area contributed by atoms with E-state index >= 15 is 0 Å². The molecule has 138 valence electrons. The van der Waals surface area contributed by atoms with Crippen molar-refractivity contribution in [3.8, 4) is 0 Å². The summed E-state index contributed by atoms with van der Waals surface area (Å²) in [5, 5.41) is 1.45. The topological polar surface area (TPSA) is 18.5 Å². The maximum absolute atomic E-state index is 6.52. The Morgan fingerprint density at radius 3 is 1.77 bits per heavy atom. The molecule has 1 atom stereocenters. The number of hydrogen-bond acceptors (Lipinski definition) is 2. The molecule has 1 aliphatic rings. The molecular weight excluding hydrogens is 335 g/mol. The van der Waals surface area contributed by atoms with Gasteiger partial charge >= 0.3 is 7.12 Å². The van der Waals surface area contributed by atoms with E-state index in [-0.39, 0.29) is 18.3 Å². The Labute approximate surface area is 160 Å². The minimum absolute atomic E-state index is 0.179. The first-order valence-electron chi connectivity index (χ1n) is 9.58. The highest BCUT2D eigenvalue weighted by Crippen LogP contribution is 2.43. The summed E-state index contributed by atoms with van der Waals surface area (Å²) in [5.41, 5.74) is 1.10. The molecule has 0 aliphatic carbocycles. The third kappa shape index (κ3) is 3.69. The van der Waals surface area contributed by atoms with E-state index in [1.807, 2.05) is 0 Å². The van der Waals surface area contributed by atoms with Gasteiger partial charge in [-0.15, -0.1) is 0 Å². The van der Waals surface area contributed by atoms with Crippen molar-refractivity contribution >= 4 is 20.4 Å². The molecule has 1 saturated heterocycles. The predicted molar refractivity (Wildman–Crippen MR) is 114 cm³/mol. The Bertz CT molecular complexity index is 712. The van der Waals surface area contributed by atoms with Crippen LogP contribution in [0.4, 0.5) is 0 Å². The van der Waals surface area contributed by atoms with E-state index in [4.69, 9.17) is 9.31 Å². The zero-order valence-corrected chi connectivity index (χ0v) is 18.0. The van der Waals surface area contributed by atoms with Gasteiger partial charge in [0.05, 0.1) is 19.3 Å². The summed E-state index contributed by atoms with van der Waals surface area (Å²) in [7, 11) is -2.01. The summed E-state index contributed by atoms with van der Waals surface area (Å²) in [6, 6.07) is 21.7. The van der Waals surface area contributed by atoms with Gasteiger partial charge < -0.3 is 9.31 Å². The van der Waals surface area contributed by atoms with Gasteiger partial charge in [-0.1, -0.05) is 78.9 Å². The summed E-state index contributed by atoms with van der Waals surface area (Å²) in [6.07, 6.45) is 0.978. The Morgan fingerprint density at radius 1 is 0.808 bits per heavy atom. The van der Waals surface area contributed by atoms with Gasteiger partial charge in [-0.25, -0.2) is 0 Å². The van der Waals surface area contributed by atoms with Gasteiger partial charge in [0.1, 0.15) is 0 Å². The molecule has 2 aromatic carbocycles. The van der Waals surface area contributed by atoms with Crippen LogP contribution < -0.4 is 5.19 Å². The van der Waals surface area contributed by atoms with Crippen LogP contribution in [0.15, 0.2) is 60.7 Å². The van der Waals surface area contributed by atoms with Gasteiger partial charge in [-0.3, -0.25) is 0 Å². The molecule has 4 heteroatoms. The molecule has 0 aromatic heterocycles. The molecule has 0 spiro atoms. The van der Waals surface area contributed by atoms with E-state index in [9.17, 15) is 0 Å². The van der Waals surface area contributed by atoms with Crippen LogP contribution in [0.3, 0.4) is 0 Å². The molecule has 0 bridgehead atoms. The van der Waals surface area contributed by atoms with Crippen LogP contribution in [0.5, 0.6) is 0 Å². The molecule has 0 saturated carbocycles. The van der Waals surface area contributed by atoms with Crippen molar-refractivity contribution in [2.45, 2.75) is 63.9 Å². The molecule has 0 radical (unpaired) electrons. The molecule has 1 heterocycles. The highest BCUT2D eigenvalue weighted by atomic mass is 28.3. The minimum Gasteiger partial charge on any atom is -0.403 e. The lowest BCUT2D eigenvalue weighted by Crippen LogP contribution is -2.53. The summed E-state index contributed by atoms with van der Waals surface area (Å²) >= 11 is 0. The van der Waals surface area contributed by atoms with Crippen LogP contribution in [0.25, 0.3) is 0 Å². The third-order valence-electron chi connectivity index (χ3n) is 6.34. The smallest absolute Gasteiger partial charge is 0.403 e. The van der Waals surface area contributed by atoms with Crippen molar-refractivity contribution in [3.63, 3.8) is 0 Å². The molecule has 26 heavy (non-hydrogen) atoms. The second kappa shape index (κ2) is 6.99. The van der Waals surface area contributed by atoms with E-state index in [1.54, 1.807) is 0 Å². The maximum atomic E-state index is 6.52. The van der Waals surface area contributed by atoms with Crippen molar-refractivity contribution in [3.05, 3.63) is 66.2 Å². The first-order valence-corrected chi connectivity index (χ1v) is 12.7. The fourth-order valence-electron chi connectivity index (χ4n) is 3.69. The zero-order valence-electron chi connectivity index (χ0n) is 17.0. The zero-order chi connectivity index (χ0) is 19.0. The van der Waals surface area contributed by atoms with Crippen molar-refractivity contribution in [2.75, 3.05) is 0 Å². The number of hydrogen-bond donors (Lipinski definition) is 0. The Hall–Kier alpha value is -1.36. The van der Waals surface area contributed by atoms with Crippen molar-refractivity contribution in [1.29, 1.82) is 0 Å². The third-order valence-corrected chi connectivity index (χ3v) is 10.5. The Kier molecular flexibility index (Phi) is 5.22. The molecular formula is C22H31BO2Si. The lowest BCUT2D eigenvalue weighted by Gasteiger charge is -2.34. The normalized spacial score (nSPS) is 20.2. The average Bonchev–Trinajstić information content (AvgIpc) is 2.81. The average molecular weight is 366 g/mol. The Morgan fingerprint density at radius 2 is 1.27 bits per heavy atom. The van der Waals surface area contributed by atoms with E-state index in [0.29, 0.717) is 5.44 Å². The lowest BCUT2D eigenvalue weighted by molar-refractivity contribution is 0.00578.